The minimum atomic E-state index is 0.757. The quantitative estimate of drug-likeness (QED) is 0.854. The largest absolute Gasteiger partial charge is 0.376 e. The number of aromatic nitrogens is 3. The van der Waals surface area contributed by atoms with Gasteiger partial charge in [0.1, 0.15) is 5.01 Å². The van der Waals surface area contributed by atoms with E-state index >= 15 is 0 Å². The molecule has 68 valence electrons. The molecule has 0 aliphatic rings. The summed E-state index contributed by atoms with van der Waals surface area (Å²) in [6, 6.07) is 0. The summed E-state index contributed by atoms with van der Waals surface area (Å²) < 4.78 is 1.21. The monoisotopic (exact) mass is 306 g/mol. The lowest BCUT2D eigenvalue weighted by molar-refractivity contribution is 1.09. The number of halogens is 1. The van der Waals surface area contributed by atoms with Crippen molar-refractivity contribution in [1.29, 1.82) is 0 Å². The zero-order valence-corrected chi connectivity index (χ0v) is 9.59. The Morgan fingerprint density at radius 2 is 2.46 bits per heavy atom. The SMILES string of the molecule is Ic1cnc(CNc2cn[nH]c2)s1. The molecule has 2 aromatic rings. The van der Waals surface area contributed by atoms with E-state index in [1.807, 2.05) is 12.4 Å². The van der Waals surface area contributed by atoms with Crippen LogP contribution in [0.3, 0.4) is 0 Å². The van der Waals surface area contributed by atoms with Crippen molar-refractivity contribution in [2.24, 2.45) is 0 Å². The number of hydrogen-bond donors (Lipinski definition) is 2. The van der Waals surface area contributed by atoms with E-state index < -0.39 is 0 Å². The van der Waals surface area contributed by atoms with E-state index in [9.17, 15) is 0 Å². The molecule has 0 atom stereocenters. The van der Waals surface area contributed by atoms with Crippen LogP contribution >= 0.6 is 33.9 Å². The molecule has 2 N–H and O–H groups in total. The topological polar surface area (TPSA) is 53.6 Å². The highest BCUT2D eigenvalue weighted by molar-refractivity contribution is 14.1. The first-order valence-corrected chi connectivity index (χ1v) is 5.57. The molecule has 6 heteroatoms. The van der Waals surface area contributed by atoms with Crippen LogP contribution in [-0.2, 0) is 6.54 Å². The number of rotatable bonds is 3. The second-order valence-corrected chi connectivity index (χ2v) is 5.41. The lowest BCUT2D eigenvalue weighted by Crippen LogP contribution is -1.96. The van der Waals surface area contributed by atoms with Crippen LogP contribution in [-0.4, -0.2) is 15.2 Å². The van der Waals surface area contributed by atoms with Gasteiger partial charge in [-0.3, -0.25) is 5.10 Å². The minimum Gasteiger partial charge on any atom is -0.376 e. The molecule has 0 saturated carbocycles. The van der Waals surface area contributed by atoms with Gasteiger partial charge in [0, 0.05) is 6.20 Å². The van der Waals surface area contributed by atoms with Crippen LogP contribution in [0, 0.1) is 2.88 Å². The van der Waals surface area contributed by atoms with Crippen molar-refractivity contribution in [2.45, 2.75) is 6.54 Å². The summed E-state index contributed by atoms with van der Waals surface area (Å²) in [4.78, 5) is 4.23. The van der Waals surface area contributed by atoms with Crippen molar-refractivity contribution < 1.29 is 0 Å². The van der Waals surface area contributed by atoms with Crippen LogP contribution in [0.5, 0.6) is 0 Å². The molecule has 13 heavy (non-hydrogen) atoms. The third-order valence-electron chi connectivity index (χ3n) is 1.47. The molecule has 0 aromatic carbocycles. The molecule has 0 radical (unpaired) electrons. The number of hydrogen-bond acceptors (Lipinski definition) is 4. The zero-order chi connectivity index (χ0) is 9.10. The third-order valence-corrected chi connectivity index (χ3v) is 3.19. The van der Waals surface area contributed by atoms with Gasteiger partial charge >= 0.3 is 0 Å². The highest BCUT2D eigenvalue weighted by Crippen LogP contribution is 2.15. The van der Waals surface area contributed by atoms with Gasteiger partial charge in [0.05, 0.1) is 27.5 Å². The molecule has 0 aliphatic carbocycles. The molecule has 0 spiro atoms. The predicted molar refractivity (Wildman–Crippen MR) is 60.7 cm³/mol. The Bertz CT molecular complexity index is 370. The van der Waals surface area contributed by atoms with E-state index in [1.165, 1.54) is 2.88 Å². The maximum atomic E-state index is 4.23. The Hall–Kier alpha value is -0.630. The minimum absolute atomic E-state index is 0.757. The second-order valence-electron chi connectivity index (χ2n) is 2.40. The van der Waals surface area contributed by atoms with Crippen molar-refractivity contribution in [2.75, 3.05) is 5.32 Å². The molecule has 0 aliphatic heterocycles. The Kier molecular flexibility index (Phi) is 2.79. The lowest BCUT2D eigenvalue weighted by atomic mass is 10.5. The Morgan fingerprint density at radius 1 is 1.54 bits per heavy atom. The summed E-state index contributed by atoms with van der Waals surface area (Å²) in [5, 5.41) is 10.9. The molecule has 2 aromatic heterocycles. The lowest BCUT2D eigenvalue weighted by Gasteiger charge is -1.97. The van der Waals surface area contributed by atoms with Gasteiger partial charge in [-0.25, -0.2) is 4.98 Å². The highest BCUT2D eigenvalue weighted by Gasteiger charge is 1.99. The van der Waals surface area contributed by atoms with E-state index in [-0.39, 0.29) is 0 Å². The van der Waals surface area contributed by atoms with Gasteiger partial charge < -0.3 is 5.32 Å². The summed E-state index contributed by atoms with van der Waals surface area (Å²) >= 11 is 3.96. The van der Waals surface area contributed by atoms with Gasteiger partial charge in [-0.15, -0.1) is 11.3 Å². The Morgan fingerprint density at radius 3 is 3.08 bits per heavy atom. The van der Waals surface area contributed by atoms with Crippen molar-refractivity contribution in [3.8, 4) is 0 Å². The molecule has 0 fully saturated rings. The predicted octanol–water partition coefficient (Wildman–Crippen LogP) is 2.08. The van der Waals surface area contributed by atoms with Crippen LogP contribution in [0.25, 0.3) is 0 Å². The van der Waals surface area contributed by atoms with E-state index in [0.29, 0.717) is 0 Å². The van der Waals surface area contributed by atoms with Crippen molar-refractivity contribution >= 4 is 39.6 Å². The fourth-order valence-electron chi connectivity index (χ4n) is 0.895. The van der Waals surface area contributed by atoms with Crippen LogP contribution in [0.2, 0.25) is 0 Å². The van der Waals surface area contributed by atoms with Crippen LogP contribution < -0.4 is 5.32 Å². The van der Waals surface area contributed by atoms with E-state index in [1.54, 1.807) is 17.5 Å². The van der Waals surface area contributed by atoms with E-state index in [0.717, 1.165) is 17.2 Å². The van der Waals surface area contributed by atoms with Crippen LogP contribution in [0.15, 0.2) is 18.6 Å². The number of thiazole rings is 1. The maximum absolute atomic E-state index is 4.23. The molecule has 0 saturated heterocycles. The van der Waals surface area contributed by atoms with Gasteiger partial charge in [-0.05, 0) is 22.6 Å². The Balaban J connectivity index is 1.93. The van der Waals surface area contributed by atoms with Crippen molar-refractivity contribution in [3.63, 3.8) is 0 Å². The van der Waals surface area contributed by atoms with Gasteiger partial charge in [-0.2, -0.15) is 5.10 Å². The average molecular weight is 306 g/mol. The highest BCUT2D eigenvalue weighted by atomic mass is 127. The van der Waals surface area contributed by atoms with E-state index in [2.05, 4.69) is 43.1 Å². The molecular weight excluding hydrogens is 299 g/mol. The summed E-state index contributed by atoms with van der Waals surface area (Å²) in [6.45, 7) is 0.757. The number of nitrogens with one attached hydrogen (secondary N) is 2. The number of H-pyrrole nitrogens is 1. The average Bonchev–Trinajstić information content (AvgIpc) is 2.71. The van der Waals surface area contributed by atoms with Gasteiger partial charge in [0.25, 0.3) is 0 Å². The van der Waals surface area contributed by atoms with Crippen LogP contribution in [0.4, 0.5) is 5.69 Å². The number of nitrogens with zero attached hydrogens (tertiary/aromatic N) is 2. The third kappa shape index (κ3) is 2.41. The maximum Gasteiger partial charge on any atom is 0.113 e. The number of aromatic amines is 1. The van der Waals surface area contributed by atoms with Gasteiger partial charge in [-0.1, -0.05) is 0 Å². The summed E-state index contributed by atoms with van der Waals surface area (Å²) in [5.41, 5.74) is 0.991. The normalized spacial score (nSPS) is 10.2. The first-order chi connectivity index (χ1) is 6.34. The van der Waals surface area contributed by atoms with Gasteiger partial charge in [0.15, 0.2) is 0 Å². The first-order valence-electron chi connectivity index (χ1n) is 3.67. The summed E-state index contributed by atoms with van der Waals surface area (Å²) in [7, 11) is 0. The molecule has 2 heterocycles. The number of anilines is 1. The smallest absolute Gasteiger partial charge is 0.113 e. The van der Waals surface area contributed by atoms with Crippen LogP contribution in [0.1, 0.15) is 5.01 Å². The fourth-order valence-corrected chi connectivity index (χ4v) is 2.38. The zero-order valence-electron chi connectivity index (χ0n) is 6.62. The van der Waals surface area contributed by atoms with Crippen molar-refractivity contribution in [3.05, 3.63) is 26.5 Å². The van der Waals surface area contributed by atoms with Crippen molar-refractivity contribution in [1.82, 2.24) is 15.2 Å². The molecule has 0 unspecified atom stereocenters. The molecular formula is C7H7IN4S. The standard InChI is InChI=1S/C7H7IN4S/c8-6-3-10-7(13-6)4-9-5-1-11-12-2-5/h1-3,9H,4H2,(H,11,12). The van der Waals surface area contributed by atoms with Gasteiger partial charge in [0.2, 0.25) is 0 Å². The molecule has 4 nitrogen and oxygen atoms in total. The second kappa shape index (κ2) is 4.05. The van der Waals surface area contributed by atoms with E-state index in [4.69, 9.17) is 0 Å². The summed E-state index contributed by atoms with van der Waals surface area (Å²) in [6.07, 6.45) is 5.44. The summed E-state index contributed by atoms with van der Waals surface area (Å²) in [5.74, 6) is 0. The molecule has 0 bridgehead atoms. The first kappa shape index (κ1) is 8.95. The molecule has 0 amide bonds. The fraction of sp³-hybridized carbons (Fsp3) is 0.143. The Labute approximate surface area is 92.9 Å². The molecule has 2 rings (SSSR count).